The highest BCUT2D eigenvalue weighted by Gasteiger charge is 2.46. The van der Waals surface area contributed by atoms with E-state index in [9.17, 15) is 5.11 Å². The number of aliphatic hydroxyl groups excluding tert-OH is 1. The van der Waals surface area contributed by atoms with Crippen LogP contribution in [0.4, 0.5) is 0 Å². The second-order valence-corrected chi connectivity index (χ2v) is 7.04. The number of hydrogen-bond acceptors (Lipinski definition) is 3. The van der Waals surface area contributed by atoms with Gasteiger partial charge in [-0.15, -0.1) is 0 Å². The van der Waals surface area contributed by atoms with Crippen molar-refractivity contribution in [3.8, 4) is 5.75 Å². The maximum Gasteiger partial charge on any atom is 0.132 e. The minimum atomic E-state index is -0.579. The molecular formula is C19H23NO2. The van der Waals surface area contributed by atoms with E-state index in [1.165, 1.54) is 18.2 Å². The third-order valence-electron chi connectivity index (χ3n) is 5.14. The standard InChI is InChI=1S/C19H23NO2/c1-19(2)18(21)16(20-11-5-6-12-20)15-10-9-13-7-3-4-8-14(13)17(15)22-19/h3-4,7-10,16,18,21H,5-6,11-12H2,1-2H3/t16-,18+/m0/s1. The smallest absolute Gasteiger partial charge is 0.132 e. The Bertz CT molecular complexity index is 704. The van der Waals surface area contributed by atoms with Gasteiger partial charge >= 0.3 is 0 Å². The first-order chi connectivity index (χ1) is 10.6. The molecule has 0 unspecified atom stereocenters. The lowest BCUT2D eigenvalue weighted by atomic mass is 9.84. The lowest BCUT2D eigenvalue weighted by Crippen LogP contribution is -2.53. The fraction of sp³-hybridized carbons (Fsp3) is 0.474. The van der Waals surface area contributed by atoms with Crippen LogP contribution in [0, 0.1) is 0 Å². The number of benzene rings is 2. The monoisotopic (exact) mass is 297 g/mol. The Balaban J connectivity index is 1.92. The molecule has 2 atom stereocenters. The summed E-state index contributed by atoms with van der Waals surface area (Å²) in [6.07, 6.45) is 1.92. The molecule has 0 amide bonds. The molecule has 4 rings (SSSR count). The summed E-state index contributed by atoms with van der Waals surface area (Å²) in [7, 11) is 0. The van der Waals surface area contributed by atoms with Crippen molar-refractivity contribution in [2.24, 2.45) is 0 Å². The molecule has 1 fully saturated rings. The minimum absolute atomic E-state index is 0.0332. The highest BCUT2D eigenvalue weighted by Crippen LogP contribution is 2.46. The van der Waals surface area contributed by atoms with Gasteiger partial charge in [0, 0.05) is 10.9 Å². The highest BCUT2D eigenvalue weighted by atomic mass is 16.5. The Kier molecular flexibility index (Phi) is 3.17. The van der Waals surface area contributed by atoms with E-state index >= 15 is 0 Å². The zero-order valence-corrected chi connectivity index (χ0v) is 13.2. The molecule has 3 nitrogen and oxygen atoms in total. The lowest BCUT2D eigenvalue weighted by Gasteiger charge is -2.45. The van der Waals surface area contributed by atoms with Crippen LogP contribution in [0.15, 0.2) is 36.4 Å². The van der Waals surface area contributed by atoms with Gasteiger partial charge in [0.25, 0.3) is 0 Å². The van der Waals surface area contributed by atoms with E-state index in [-0.39, 0.29) is 6.04 Å². The van der Waals surface area contributed by atoms with E-state index in [0.717, 1.165) is 29.8 Å². The van der Waals surface area contributed by atoms with E-state index < -0.39 is 11.7 Å². The third kappa shape index (κ3) is 2.03. The average molecular weight is 297 g/mol. The van der Waals surface area contributed by atoms with E-state index in [1.807, 2.05) is 13.8 Å². The van der Waals surface area contributed by atoms with Crippen LogP contribution in [0.25, 0.3) is 10.8 Å². The van der Waals surface area contributed by atoms with Crippen molar-refractivity contribution in [3.05, 3.63) is 42.0 Å². The van der Waals surface area contributed by atoms with Crippen LogP contribution in [0.3, 0.4) is 0 Å². The van der Waals surface area contributed by atoms with Gasteiger partial charge in [-0.1, -0.05) is 36.4 Å². The first-order valence-electron chi connectivity index (χ1n) is 8.21. The first kappa shape index (κ1) is 14.0. The zero-order valence-electron chi connectivity index (χ0n) is 13.2. The fourth-order valence-electron chi connectivity index (χ4n) is 3.90. The van der Waals surface area contributed by atoms with E-state index in [0.29, 0.717) is 0 Å². The van der Waals surface area contributed by atoms with Crippen LogP contribution < -0.4 is 4.74 Å². The van der Waals surface area contributed by atoms with Crippen LogP contribution >= 0.6 is 0 Å². The van der Waals surface area contributed by atoms with Crippen molar-refractivity contribution in [2.45, 2.75) is 44.4 Å². The van der Waals surface area contributed by atoms with Crippen molar-refractivity contribution in [1.29, 1.82) is 0 Å². The summed E-state index contributed by atoms with van der Waals surface area (Å²) in [6.45, 7) is 6.10. The maximum atomic E-state index is 10.9. The Morgan fingerprint density at radius 1 is 1.09 bits per heavy atom. The molecule has 2 aromatic rings. The summed E-state index contributed by atoms with van der Waals surface area (Å²) in [6, 6.07) is 12.6. The summed E-state index contributed by atoms with van der Waals surface area (Å²) in [5, 5.41) is 13.2. The predicted octanol–water partition coefficient (Wildman–Crippen LogP) is 3.51. The average Bonchev–Trinajstić information content (AvgIpc) is 3.02. The minimum Gasteiger partial charge on any atom is -0.484 e. The number of fused-ring (bicyclic) bond motifs is 3. The number of rotatable bonds is 1. The molecule has 0 radical (unpaired) electrons. The summed E-state index contributed by atoms with van der Waals surface area (Å²) >= 11 is 0. The summed E-state index contributed by atoms with van der Waals surface area (Å²) in [5.74, 6) is 0.949. The van der Waals surface area contributed by atoms with Gasteiger partial charge < -0.3 is 9.84 Å². The van der Waals surface area contributed by atoms with Gasteiger partial charge in [0.05, 0.1) is 6.04 Å². The molecule has 0 spiro atoms. The van der Waals surface area contributed by atoms with E-state index in [4.69, 9.17) is 4.74 Å². The second-order valence-electron chi connectivity index (χ2n) is 7.04. The van der Waals surface area contributed by atoms with Gasteiger partial charge in [-0.2, -0.15) is 0 Å². The Morgan fingerprint density at radius 3 is 2.59 bits per heavy atom. The zero-order chi connectivity index (χ0) is 15.3. The van der Waals surface area contributed by atoms with Gasteiger partial charge in [0.1, 0.15) is 17.5 Å². The molecule has 1 saturated heterocycles. The molecule has 22 heavy (non-hydrogen) atoms. The van der Waals surface area contributed by atoms with E-state index in [2.05, 4.69) is 41.3 Å². The second kappa shape index (κ2) is 4.97. The van der Waals surface area contributed by atoms with Crippen molar-refractivity contribution in [2.75, 3.05) is 13.1 Å². The van der Waals surface area contributed by atoms with Crippen molar-refractivity contribution in [3.63, 3.8) is 0 Å². The molecule has 3 heteroatoms. The third-order valence-corrected chi connectivity index (χ3v) is 5.14. The van der Waals surface area contributed by atoms with Crippen LogP contribution in [-0.4, -0.2) is 34.8 Å². The molecule has 2 aliphatic rings. The van der Waals surface area contributed by atoms with Gasteiger partial charge in [-0.3, -0.25) is 4.90 Å². The molecule has 0 aliphatic carbocycles. The Hall–Kier alpha value is -1.58. The molecule has 2 aromatic carbocycles. The topological polar surface area (TPSA) is 32.7 Å². The Morgan fingerprint density at radius 2 is 1.82 bits per heavy atom. The summed E-state index contributed by atoms with van der Waals surface area (Å²) in [4.78, 5) is 2.42. The molecule has 116 valence electrons. The summed E-state index contributed by atoms with van der Waals surface area (Å²) < 4.78 is 6.26. The molecule has 0 bridgehead atoms. The molecular weight excluding hydrogens is 274 g/mol. The Labute approximate surface area is 131 Å². The quantitative estimate of drug-likeness (QED) is 0.874. The van der Waals surface area contributed by atoms with E-state index in [1.54, 1.807) is 0 Å². The fourth-order valence-corrected chi connectivity index (χ4v) is 3.90. The van der Waals surface area contributed by atoms with Crippen LogP contribution in [-0.2, 0) is 0 Å². The van der Waals surface area contributed by atoms with Crippen molar-refractivity contribution >= 4 is 10.8 Å². The highest BCUT2D eigenvalue weighted by molar-refractivity contribution is 5.90. The van der Waals surface area contributed by atoms with Crippen LogP contribution in [0.5, 0.6) is 5.75 Å². The number of nitrogens with zero attached hydrogens (tertiary/aromatic N) is 1. The lowest BCUT2D eigenvalue weighted by molar-refractivity contribution is -0.0886. The molecule has 2 heterocycles. The predicted molar refractivity (Wildman–Crippen MR) is 88.2 cm³/mol. The van der Waals surface area contributed by atoms with Gasteiger partial charge in [-0.05, 0) is 45.2 Å². The summed E-state index contributed by atoms with van der Waals surface area (Å²) in [5.41, 5.74) is 0.553. The number of aliphatic hydroxyl groups is 1. The molecule has 0 saturated carbocycles. The first-order valence-corrected chi connectivity index (χ1v) is 8.21. The van der Waals surface area contributed by atoms with Crippen LogP contribution in [0.2, 0.25) is 0 Å². The van der Waals surface area contributed by atoms with Crippen LogP contribution in [0.1, 0.15) is 38.3 Å². The van der Waals surface area contributed by atoms with Gasteiger partial charge in [0.15, 0.2) is 0 Å². The molecule has 2 aliphatic heterocycles. The molecule has 1 N–H and O–H groups in total. The van der Waals surface area contributed by atoms with Gasteiger partial charge in [-0.25, -0.2) is 0 Å². The largest absolute Gasteiger partial charge is 0.484 e. The normalized spacial score (nSPS) is 27.6. The SMILES string of the molecule is CC1(C)Oc2c(ccc3ccccc23)[C@H](N2CCCC2)[C@H]1O. The number of hydrogen-bond donors (Lipinski definition) is 1. The maximum absolute atomic E-state index is 10.9. The molecule has 0 aromatic heterocycles. The number of likely N-dealkylation sites (tertiary alicyclic amines) is 1. The van der Waals surface area contributed by atoms with Crippen molar-refractivity contribution < 1.29 is 9.84 Å². The van der Waals surface area contributed by atoms with Gasteiger partial charge in [0.2, 0.25) is 0 Å². The van der Waals surface area contributed by atoms with Crippen molar-refractivity contribution in [1.82, 2.24) is 4.90 Å². The number of ether oxygens (including phenoxy) is 1.